The van der Waals surface area contributed by atoms with E-state index in [1.807, 2.05) is 19.1 Å². The van der Waals surface area contributed by atoms with E-state index >= 15 is 0 Å². The van der Waals surface area contributed by atoms with E-state index in [0.717, 1.165) is 28.0 Å². The smallest absolute Gasteiger partial charge is 0.129 e. The standard InChI is InChI=1S/C11H11BrN2O/c1-8-4-10(12)6-14-11(8)13-5-9-2-3-15-7-9/h2-4,6-7H,5H2,1H3,(H,13,14). The Balaban J connectivity index is 2.05. The highest BCUT2D eigenvalue weighted by molar-refractivity contribution is 9.10. The normalized spacial score (nSPS) is 10.3. The van der Waals surface area contributed by atoms with Crippen molar-refractivity contribution in [1.82, 2.24) is 4.98 Å². The molecule has 78 valence electrons. The third-order valence-corrected chi connectivity index (χ3v) is 2.52. The third kappa shape index (κ3) is 2.59. The van der Waals surface area contributed by atoms with Crippen LogP contribution in [0.25, 0.3) is 0 Å². The quantitative estimate of drug-likeness (QED) is 0.926. The maximum Gasteiger partial charge on any atom is 0.129 e. The highest BCUT2D eigenvalue weighted by atomic mass is 79.9. The summed E-state index contributed by atoms with van der Waals surface area (Å²) in [7, 11) is 0. The molecule has 0 saturated heterocycles. The van der Waals surface area contributed by atoms with Crippen LogP contribution in [0.5, 0.6) is 0 Å². The number of pyridine rings is 1. The largest absolute Gasteiger partial charge is 0.472 e. The van der Waals surface area contributed by atoms with Gasteiger partial charge in [0.05, 0.1) is 12.5 Å². The molecule has 0 aromatic carbocycles. The zero-order valence-electron chi connectivity index (χ0n) is 8.33. The van der Waals surface area contributed by atoms with E-state index in [2.05, 4.69) is 26.2 Å². The van der Waals surface area contributed by atoms with Gasteiger partial charge in [0.2, 0.25) is 0 Å². The maximum atomic E-state index is 4.98. The van der Waals surface area contributed by atoms with Gasteiger partial charge in [-0.2, -0.15) is 0 Å². The topological polar surface area (TPSA) is 38.1 Å². The summed E-state index contributed by atoms with van der Waals surface area (Å²) in [5.74, 6) is 0.902. The molecule has 0 fully saturated rings. The number of nitrogens with one attached hydrogen (secondary N) is 1. The minimum absolute atomic E-state index is 0.728. The van der Waals surface area contributed by atoms with E-state index in [-0.39, 0.29) is 0 Å². The number of rotatable bonds is 3. The van der Waals surface area contributed by atoms with Crippen molar-refractivity contribution in [3.8, 4) is 0 Å². The van der Waals surface area contributed by atoms with E-state index in [0.29, 0.717) is 0 Å². The van der Waals surface area contributed by atoms with Crippen LogP contribution >= 0.6 is 15.9 Å². The number of nitrogens with zero attached hydrogens (tertiary/aromatic N) is 1. The Labute approximate surface area is 96.6 Å². The Morgan fingerprint density at radius 3 is 3.07 bits per heavy atom. The Morgan fingerprint density at radius 2 is 2.40 bits per heavy atom. The van der Waals surface area contributed by atoms with Crippen LogP contribution in [0.2, 0.25) is 0 Å². The van der Waals surface area contributed by atoms with Crippen LogP contribution in [0.15, 0.2) is 39.7 Å². The van der Waals surface area contributed by atoms with Crippen LogP contribution in [0.3, 0.4) is 0 Å². The van der Waals surface area contributed by atoms with Crippen LogP contribution in [0.1, 0.15) is 11.1 Å². The molecule has 0 saturated carbocycles. The van der Waals surface area contributed by atoms with Gasteiger partial charge in [0.15, 0.2) is 0 Å². The molecule has 3 nitrogen and oxygen atoms in total. The van der Waals surface area contributed by atoms with Crippen LogP contribution < -0.4 is 5.32 Å². The van der Waals surface area contributed by atoms with E-state index in [1.165, 1.54) is 0 Å². The summed E-state index contributed by atoms with van der Waals surface area (Å²) < 4.78 is 5.98. The molecular formula is C11H11BrN2O. The molecule has 0 radical (unpaired) electrons. The summed E-state index contributed by atoms with van der Waals surface area (Å²) in [6, 6.07) is 3.96. The van der Waals surface area contributed by atoms with E-state index in [9.17, 15) is 0 Å². The second-order valence-corrected chi connectivity index (χ2v) is 4.22. The Hall–Kier alpha value is -1.29. The minimum atomic E-state index is 0.728. The lowest BCUT2D eigenvalue weighted by Crippen LogP contribution is -2.02. The lowest BCUT2D eigenvalue weighted by molar-refractivity contribution is 0.564. The molecule has 0 bridgehead atoms. The first-order valence-corrected chi connectivity index (χ1v) is 5.42. The number of furan rings is 1. The first kappa shape index (κ1) is 10.2. The number of halogens is 1. The monoisotopic (exact) mass is 266 g/mol. The van der Waals surface area contributed by atoms with Crippen molar-refractivity contribution in [1.29, 1.82) is 0 Å². The Bertz CT molecular complexity index is 440. The van der Waals surface area contributed by atoms with Gasteiger partial charge >= 0.3 is 0 Å². The third-order valence-electron chi connectivity index (χ3n) is 2.08. The molecule has 2 heterocycles. The molecule has 0 aliphatic carbocycles. The number of aromatic nitrogens is 1. The highest BCUT2D eigenvalue weighted by Gasteiger charge is 2.00. The minimum Gasteiger partial charge on any atom is -0.472 e. The van der Waals surface area contributed by atoms with Gasteiger partial charge in [0.25, 0.3) is 0 Å². The zero-order valence-corrected chi connectivity index (χ0v) is 9.91. The average Bonchev–Trinajstić information content (AvgIpc) is 2.69. The molecule has 0 aliphatic heterocycles. The van der Waals surface area contributed by atoms with Gasteiger partial charge in [-0.3, -0.25) is 0 Å². The number of aryl methyl sites for hydroxylation is 1. The summed E-state index contributed by atoms with van der Waals surface area (Å²) in [6.45, 7) is 2.75. The van der Waals surface area contributed by atoms with Crippen molar-refractivity contribution in [3.63, 3.8) is 0 Å². The summed E-state index contributed by atoms with van der Waals surface area (Å²) in [4.78, 5) is 4.29. The van der Waals surface area contributed by atoms with Gasteiger partial charge in [-0.1, -0.05) is 0 Å². The van der Waals surface area contributed by atoms with E-state index < -0.39 is 0 Å². The Kier molecular flexibility index (Phi) is 3.06. The average molecular weight is 267 g/mol. The summed E-state index contributed by atoms with van der Waals surface area (Å²) in [5, 5.41) is 3.25. The molecule has 0 aliphatic rings. The van der Waals surface area contributed by atoms with Gasteiger partial charge in [0, 0.05) is 22.8 Å². The SMILES string of the molecule is Cc1cc(Br)cnc1NCc1ccoc1. The number of hydrogen-bond donors (Lipinski definition) is 1. The van der Waals surface area contributed by atoms with Gasteiger partial charge in [-0.05, 0) is 40.5 Å². The van der Waals surface area contributed by atoms with Crippen LogP contribution in [0, 0.1) is 6.92 Å². The molecule has 15 heavy (non-hydrogen) atoms. The number of hydrogen-bond acceptors (Lipinski definition) is 3. The Morgan fingerprint density at radius 1 is 1.53 bits per heavy atom. The zero-order chi connectivity index (χ0) is 10.7. The van der Waals surface area contributed by atoms with Gasteiger partial charge in [-0.15, -0.1) is 0 Å². The van der Waals surface area contributed by atoms with Crippen molar-refractivity contribution < 1.29 is 4.42 Å². The van der Waals surface area contributed by atoms with E-state index in [4.69, 9.17) is 4.42 Å². The lowest BCUT2D eigenvalue weighted by atomic mass is 10.3. The second-order valence-electron chi connectivity index (χ2n) is 3.30. The van der Waals surface area contributed by atoms with Gasteiger partial charge in [0.1, 0.15) is 5.82 Å². The summed E-state index contributed by atoms with van der Waals surface area (Å²) >= 11 is 3.38. The fourth-order valence-corrected chi connectivity index (χ4v) is 1.75. The van der Waals surface area contributed by atoms with Crippen molar-refractivity contribution in [2.24, 2.45) is 0 Å². The molecule has 0 amide bonds. The van der Waals surface area contributed by atoms with Gasteiger partial charge in [-0.25, -0.2) is 4.98 Å². The van der Waals surface area contributed by atoms with E-state index in [1.54, 1.807) is 18.7 Å². The predicted molar refractivity (Wildman–Crippen MR) is 62.7 cm³/mol. The second kappa shape index (κ2) is 4.49. The highest BCUT2D eigenvalue weighted by Crippen LogP contribution is 2.17. The number of anilines is 1. The molecule has 4 heteroatoms. The molecule has 2 rings (SSSR count). The molecule has 0 spiro atoms. The first-order chi connectivity index (χ1) is 7.25. The van der Waals surface area contributed by atoms with Crippen molar-refractivity contribution in [2.75, 3.05) is 5.32 Å². The molecule has 1 N–H and O–H groups in total. The molecular weight excluding hydrogens is 256 g/mol. The van der Waals surface area contributed by atoms with Crippen molar-refractivity contribution in [3.05, 3.63) is 46.5 Å². The fraction of sp³-hybridized carbons (Fsp3) is 0.182. The predicted octanol–water partition coefficient (Wildman–Crippen LogP) is 3.36. The molecule has 2 aromatic heterocycles. The van der Waals surface area contributed by atoms with Crippen molar-refractivity contribution >= 4 is 21.7 Å². The molecule has 0 unspecified atom stereocenters. The van der Waals surface area contributed by atoms with Crippen molar-refractivity contribution in [2.45, 2.75) is 13.5 Å². The lowest BCUT2D eigenvalue weighted by Gasteiger charge is -2.06. The first-order valence-electron chi connectivity index (χ1n) is 4.63. The maximum absolute atomic E-state index is 4.98. The van der Waals surface area contributed by atoms with Crippen LogP contribution in [-0.4, -0.2) is 4.98 Å². The van der Waals surface area contributed by atoms with Gasteiger partial charge < -0.3 is 9.73 Å². The fourth-order valence-electron chi connectivity index (χ4n) is 1.30. The summed E-state index contributed by atoms with van der Waals surface area (Å²) in [5.41, 5.74) is 2.23. The summed E-state index contributed by atoms with van der Waals surface area (Å²) in [6.07, 6.45) is 5.17. The molecule has 0 atom stereocenters. The van der Waals surface area contributed by atoms with Crippen LogP contribution in [-0.2, 0) is 6.54 Å². The van der Waals surface area contributed by atoms with Crippen LogP contribution in [0.4, 0.5) is 5.82 Å². The molecule has 2 aromatic rings.